The minimum absolute atomic E-state index is 0.0157. The summed E-state index contributed by atoms with van der Waals surface area (Å²) in [6, 6.07) is 3.89. The van der Waals surface area contributed by atoms with Gasteiger partial charge in [0.2, 0.25) is 0 Å². The molecule has 1 rings (SSSR count). The van der Waals surface area contributed by atoms with E-state index < -0.39 is 15.7 Å². The zero-order chi connectivity index (χ0) is 13.9. The Morgan fingerprint density at radius 3 is 2.61 bits per heavy atom. The molecule has 0 fully saturated rings. The number of hydrogen-bond acceptors (Lipinski definition) is 4. The summed E-state index contributed by atoms with van der Waals surface area (Å²) in [6.07, 6.45) is 1.15. The number of rotatable bonds is 5. The Labute approximate surface area is 106 Å². The second-order valence-electron chi connectivity index (χ2n) is 4.13. The van der Waals surface area contributed by atoms with E-state index in [1.165, 1.54) is 12.1 Å². The van der Waals surface area contributed by atoms with Crippen LogP contribution in [-0.2, 0) is 9.84 Å². The van der Waals surface area contributed by atoms with Gasteiger partial charge < -0.3 is 10.6 Å². The molecule has 0 unspecified atom stereocenters. The molecule has 0 spiro atoms. The summed E-state index contributed by atoms with van der Waals surface area (Å²) >= 11 is 0. The van der Waals surface area contributed by atoms with Gasteiger partial charge >= 0.3 is 0 Å². The van der Waals surface area contributed by atoms with Crippen LogP contribution in [0.5, 0.6) is 0 Å². The number of halogens is 1. The van der Waals surface area contributed by atoms with Crippen LogP contribution >= 0.6 is 0 Å². The van der Waals surface area contributed by atoms with Gasteiger partial charge in [-0.3, -0.25) is 5.41 Å². The van der Waals surface area contributed by atoms with Crippen molar-refractivity contribution in [1.82, 2.24) is 0 Å². The molecule has 1 aromatic rings. The Morgan fingerprint density at radius 1 is 1.50 bits per heavy atom. The molecular formula is C11H16FN3O2S. The number of hydrogen-bond donors (Lipinski definition) is 2. The highest BCUT2D eigenvalue weighted by Gasteiger charge is 2.12. The summed E-state index contributed by atoms with van der Waals surface area (Å²) < 4.78 is 35.3. The van der Waals surface area contributed by atoms with Crippen LogP contribution in [0.2, 0.25) is 0 Å². The minimum Gasteiger partial charge on any atom is -0.384 e. The highest BCUT2D eigenvalue weighted by atomic mass is 32.2. The number of anilines is 1. The van der Waals surface area contributed by atoms with Crippen molar-refractivity contribution in [3.8, 4) is 0 Å². The first kappa shape index (κ1) is 14.4. The fraction of sp³-hybridized carbons (Fsp3) is 0.364. The zero-order valence-electron chi connectivity index (χ0n) is 10.3. The number of nitrogens with zero attached hydrogens (tertiary/aromatic N) is 1. The molecule has 0 bridgehead atoms. The van der Waals surface area contributed by atoms with E-state index in [1.807, 2.05) is 0 Å². The number of sulfone groups is 1. The van der Waals surface area contributed by atoms with Gasteiger partial charge in [0, 0.05) is 31.1 Å². The van der Waals surface area contributed by atoms with Crippen LogP contribution in [0.4, 0.5) is 10.1 Å². The van der Waals surface area contributed by atoms with Crippen LogP contribution in [0, 0.1) is 11.2 Å². The molecule has 5 nitrogen and oxygen atoms in total. The van der Waals surface area contributed by atoms with E-state index in [-0.39, 0.29) is 23.7 Å². The maximum absolute atomic E-state index is 13.1. The number of nitrogen functional groups attached to an aromatic ring is 1. The molecule has 7 heteroatoms. The Bertz CT molecular complexity index is 557. The molecule has 100 valence electrons. The molecule has 0 atom stereocenters. The van der Waals surface area contributed by atoms with Crippen molar-refractivity contribution in [3.63, 3.8) is 0 Å². The molecule has 3 N–H and O–H groups in total. The highest BCUT2D eigenvalue weighted by Crippen LogP contribution is 2.20. The molecule has 1 aromatic carbocycles. The molecule has 0 saturated heterocycles. The fourth-order valence-corrected chi connectivity index (χ4v) is 2.09. The maximum atomic E-state index is 13.1. The van der Waals surface area contributed by atoms with E-state index in [1.54, 1.807) is 11.9 Å². The lowest BCUT2D eigenvalue weighted by atomic mass is 10.1. The van der Waals surface area contributed by atoms with Gasteiger partial charge in [0.05, 0.1) is 5.75 Å². The minimum atomic E-state index is -3.07. The first-order valence-corrected chi connectivity index (χ1v) is 7.29. The quantitative estimate of drug-likeness (QED) is 0.607. The van der Waals surface area contributed by atoms with Gasteiger partial charge in [-0.15, -0.1) is 0 Å². The van der Waals surface area contributed by atoms with Gasteiger partial charge in [-0.1, -0.05) is 0 Å². The van der Waals surface area contributed by atoms with Crippen LogP contribution < -0.4 is 10.6 Å². The zero-order valence-corrected chi connectivity index (χ0v) is 11.1. The predicted octanol–water partition coefficient (Wildman–Crippen LogP) is 0.591. The normalized spacial score (nSPS) is 11.3. The van der Waals surface area contributed by atoms with E-state index in [0.29, 0.717) is 5.69 Å². The highest BCUT2D eigenvalue weighted by molar-refractivity contribution is 7.90. The first-order chi connectivity index (χ1) is 8.20. The summed E-state index contributed by atoms with van der Waals surface area (Å²) in [5.41, 5.74) is 6.17. The van der Waals surface area contributed by atoms with Crippen molar-refractivity contribution in [1.29, 1.82) is 5.41 Å². The lowest BCUT2D eigenvalue weighted by Gasteiger charge is -2.21. The molecule has 0 heterocycles. The second-order valence-corrected chi connectivity index (χ2v) is 6.39. The van der Waals surface area contributed by atoms with E-state index >= 15 is 0 Å². The molecule has 0 aliphatic heterocycles. The molecule has 0 radical (unpaired) electrons. The summed E-state index contributed by atoms with van der Waals surface area (Å²) in [4.78, 5) is 1.64. The average Bonchev–Trinajstić information content (AvgIpc) is 2.24. The number of benzene rings is 1. The van der Waals surface area contributed by atoms with E-state index in [0.717, 1.165) is 12.3 Å². The van der Waals surface area contributed by atoms with Crippen molar-refractivity contribution < 1.29 is 12.8 Å². The topological polar surface area (TPSA) is 87.2 Å². The molecule has 0 amide bonds. The van der Waals surface area contributed by atoms with Crippen molar-refractivity contribution in [3.05, 3.63) is 29.6 Å². The van der Waals surface area contributed by atoms with Gasteiger partial charge in [0.1, 0.15) is 21.5 Å². The maximum Gasteiger partial charge on any atom is 0.149 e. The first-order valence-electron chi connectivity index (χ1n) is 5.23. The SMILES string of the molecule is CN(CCS(C)(=O)=O)c1ccc(F)cc1C(=N)N. The van der Waals surface area contributed by atoms with Gasteiger partial charge in [-0.2, -0.15) is 0 Å². The summed E-state index contributed by atoms with van der Waals surface area (Å²) in [7, 11) is -1.40. The predicted molar refractivity (Wildman–Crippen MR) is 70.4 cm³/mol. The Morgan fingerprint density at radius 2 is 2.11 bits per heavy atom. The fourth-order valence-electron chi connectivity index (χ4n) is 1.48. The largest absolute Gasteiger partial charge is 0.384 e. The van der Waals surface area contributed by atoms with E-state index in [9.17, 15) is 12.8 Å². The third-order valence-electron chi connectivity index (χ3n) is 2.46. The van der Waals surface area contributed by atoms with E-state index in [2.05, 4.69) is 0 Å². The standard InChI is InChI=1S/C11H16FN3O2S/c1-15(5-6-18(2,16)17)10-4-3-8(12)7-9(10)11(13)14/h3-4,7H,5-6H2,1-2H3,(H3,13,14). The smallest absolute Gasteiger partial charge is 0.149 e. The molecule has 18 heavy (non-hydrogen) atoms. The Hall–Kier alpha value is -1.63. The van der Waals surface area contributed by atoms with Gasteiger partial charge in [-0.05, 0) is 18.2 Å². The van der Waals surface area contributed by atoms with E-state index in [4.69, 9.17) is 11.1 Å². The summed E-state index contributed by atoms with van der Waals surface area (Å²) in [6.45, 7) is 0.255. The molecular weight excluding hydrogens is 257 g/mol. The van der Waals surface area contributed by atoms with Crippen molar-refractivity contribution in [2.24, 2.45) is 5.73 Å². The number of nitrogens with one attached hydrogen (secondary N) is 1. The third kappa shape index (κ3) is 3.99. The van der Waals surface area contributed by atoms with Crippen LogP contribution in [0.1, 0.15) is 5.56 Å². The van der Waals surface area contributed by atoms with Gasteiger partial charge in [0.15, 0.2) is 0 Å². The Balaban J connectivity index is 2.98. The monoisotopic (exact) mass is 273 g/mol. The second kappa shape index (κ2) is 5.34. The lowest BCUT2D eigenvalue weighted by molar-refractivity contribution is 0.601. The molecule has 0 aliphatic carbocycles. The summed E-state index contributed by atoms with van der Waals surface area (Å²) in [5.74, 6) is -0.755. The number of nitrogens with two attached hydrogens (primary N) is 1. The average molecular weight is 273 g/mol. The molecule has 0 saturated carbocycles. The van der Waals surface area contributed by atoms with Crippen LogP contribution in [-0.4, -0.2) is 39.9 Å². The van der Waals surface area contributed by atoms with Crippen molar-refractivity contribution >= 4 is 21.4 Å². The summed E-state index contributed by atoms with van der Waals surface area (Å²) in [5, 5.41) is 7.39. The van der Waals surface area contributed by atoms with Crippen LogP contribution in [0.25, 0.3) is 0 Å². The third-order valence-corrected chi connectivity index (χ3v) is 3.38. The van der Waals surface area contributed by atoms with Crippen LogP contribution in [0.3, 0.4) is 0 Å². The lowest BCUT2D eigenvalue weighted by Crippen LogP contribution is -2.27. The van der Waals surface area contributed by atoms with Crippen LogP contribution in [0.15, 0.2) is 18.2 Å². The van der Waals surface area contributed by atoms with Gasteiger partial charge in [-0.25, -0.2) is 12.8 Å². The van der Waals surface area contributed by atoms with Crippen molar-refractivity contribution in [2.45, 2.75) is 0 Å². The Kier molecular flexibility index (Phi) is 4.28. The molecule has 0 aromatic heterocycles. The molecule has 0 aliphatic rings. The number of amidine groups is 1. The van der Waals surface area contributed by atoms with Gasteiger partial charge in [0.25, 0.3) is 0 Å². The van der Waals surface area contributed by atoms with Crippen molar-refractivity contribution in [2.75, 3.05) is 30.5 Å².